The summed E-state index contributed by atoms with van der Waals surface area (Å²) < 4.78 is 5.04. The van der Waals surface area contributed by atoms with Crippen LogP contribution < -0.4 is 20.9 Å². The fourth-order valence-electron chi connectivity index (χ4n) is 1.68. The van der Waals surface area contributed by atoms with Gasteiger partial charge in [0.1, 0.15) is 5.75 Å². The second-order valence-corrected chi connectivity index (χ2v) is 4.66. The Morgan fingerprint density at radius 3 is 2.62 bits per heavy atom. The number of ether oxygens (including phenoxy) is 1. The largest absolute Gasteiger partial charge is 0.497 e. The molecular formula is C15H16ClN3O2. The molecule has 21 heavy (non-hydrogen) atoms. The summed E-state index contributed by atoms with van der Waals surface area (Å²) in [6, 6.07) is 14.2. The lowest BCUT2D eigenvalue weighted by atomic mass is 10.2. The van der Waals surface area contributed by atoms with Crippen LogP contribution in [0.5, 0.6) is 5.75 Å². The first-order valence-corrected chi connectivity index (χ1v) is 6.73. The number of methoxy groups -OCH3 is 1. The molecule has 0 heterocycles. The van der Waals surface area contributed by atoms with Gasteiger partial charge in [0.25, 0.3) is 5.91 Å². The molecule has 2 aromatic carbocycles. The van der Waals surface area contributed by atoms with Crippen LogP contribution in [-0.4, -0.2) is 19.7 Å². The number of hydrogen-bond donors (Lipinski definition) is 3. The lowest BCUT2D eigenvalue weighted by molar-refractivity contribution is 0.0934. The number of carbonyl (C=O) groups is 1. The molecule has 0 radical (unpaired) electrons. The van der Waals surface area contributed by atoms with Gasteiger partial charge in [0, 0.05) is 16.3 Å². The van der Waals surface area contributed by atoms with E-state index in [-0.39, 0.29) is 5.91 Å². The highest BCUT2D eigenvalue weighted by atomic mass is 35.5. The maximum Gasteiger partial charge on any atom is 0.265 e. The number of hydrogen-bond acceptors (Lipinski definition) is 4. The topological polar surface area (TPSA) is 62.4 Å². The third-order valence-electron chi connectivity index (χ3n) is 2.76. The van der Waals surface area contributed by atoms with Crippen LogP contribution in [-0.2, 0) is 0 Å². The average Bonchev–Trinajstić information content (AvgIpc) is 2.51. The first-order chi connectivity index (χ1) is 10.2. The van der Waals surface area contributed by atoms with Gasteiger partial charge in [0.05, 0.1) is 13.8 Å². The van der Waals surface area contributed by atoms with Crippen LogP contribution in [0.2, 0.25) is 5.02 Å². The minimum atomic E-state index is -0.217. The van der Waals surface area contributed by atoms with E-state index in [1.807, 2.05) is 12.1 Å². The van der Waals surface area contributed by atoms with Crippen molar-refractivity contribution in [2.45, 2.75) is 0 Å². The number of halogens is 1. The van der Waals surface area contributed by atoms with Crippen molar-refractivity contribution < 1.29 is 9.53 Å². The molecule has 5 nitrogen and oxygen atoms in total. The Bertz CT molecular complexity index is 602. The molecule has 0 aliphatic carbocycles. The third-order valence-corrected chi connectivity index (χ3v) is 2.99. The molecule has 0 aliphatic rings. The molecule has 2 aromatic rings. The van der Waals surface area contributed by atoms with Crippen LogP contribution >= 0.6 is 11.6 Å². The molecule has 0 saturated carbocycles. The summed E-state index contributed by atoms with van der Waals surface area (Å²) in [5.41, 5.74) is 6.81. The van der Waals surface area contributed by atoms with Gasteiger partial charge in [-0.15, -0.1) is 0 Å². The van der Waals surface area contributed by atoms with Crippen LogP contribution in [0.15, 0.2) is 48.5 Å². The zero-order valence-electron chi connectivity index (χ0n) is 11.5. The minimum absolute atomic E-state index is 0.217. The highest BCUT2D eigenvalue weighted by molar-refractivity contribution is 6.30. The molecule has 0 aromatic heterocycles. The smallest absolute Gasteiger partial charge is 0.265 e. The molecule has 0 unspecified atom stereocenters. The van der Waals surface area contributed by atoms with Gasteiger partial charge in [0.2, 0.25) is 0 Å². The predicted octanol–water partition coefficient (Wildman–Crippen LogP) is 2.65. The van der Waals surface area contributed by atoms with E-state index in [9.17, 15) is 4.79 Å². The lowest BCUT2D eigenvalue weighted by Gasteiger charge is -2.10. The second-order valence-electron chi connectivity index (χ2n) is 4.22. The lowest BCUT2D eigenvalue weighted by Crippen LogP contribution is -2.40. The van der Waals surface area contributed by atoms with Crippen LogP contribution in [0.1, 0.15) is 10.4 Å². The van der Waals surface area contributed by atoms with Crippen LogP contribution in [0.3, 0.4) is 0 Å². The van der Waals surface area contributed by atoms with E-state index < -0.39 is 0 Å². The normalized spacial score (nSPS) is 10.0. The summed E-state index contributed by atoms with van der Waals surface area (Å²) in [6.07, 6.45) is 0. The quantitative estimate of drug-likeness (QED) is 0.436. The first kappa shape index (κ1) is 15.2. The maximum atomic E-state index is 11.8. The Morgan fingerprint density at radius 2 is 1.95 bits per heavy atom. The SMILES string of the molecule is COc1ccc(C(=O)NNCNc2cccc(Cl)c2)cc1. The number of rotatable bonds is 6. The van der Waals surface area contributed by atoms with E-state index in [2.05, 4.69) is 16.2 Å². The van der Waals surface area contributed by atoms with Gasteiger partial charge >= 0.3 is 0 Å². The summed E-state index contributed by atoms with van der Waals surface area (Å²) in [5, 5.41) is 3.74. The molecule has 6 heteroatoms. The monoisotopic (exact) mass is 305 g/mol. The zero-order valence-corrected chi connectivity index (χ0v) is 12.3. The number of anilines is 1. The molecule has 0 aliphatic heterocycles. The van der Waals surface area contributed by atoms with Gasteiger partial charge in [-0.25, -0.2) is 5.43 Å². The first-order valence-electron chi connectivity index (χ1n) is 6.36. The van der Waals surface area contributed by atoms with Crippen LogP contribution in [0.4, 0.5) is 5.69 Å². The van der Waals surface area contributed by atoms with E-state index in [0.717, 1.165) is 5.69 Å². The number of amides is 1. The summed E-state index contributed by atoms with van der Waals surface area (Å²) in [4.78, 5) is 11.8. The Morgan fingerprint density at radius 1 is 1.19 bits per heavy atom. The Kier molecular flexibility index (Phi) is 5.43. The van der Waals surface area contributed by atoms with Gasteiger partial charge < -0.3 is 10.1 Å². The summed E-state index contributed by atoms with van der Waals surface area (Å²) >= 11 is 5.87. The molecule has 0 saturated heterocycles. The fraction of sp³-hybridized carbons (Fsp3) is 0.133. The van der Waals surface area contributed by atoms with Crippen molar-refractivity contribution in [3.8, 4) is 5.75 Å². The molecule has 110 valence electrons. The van der Waals surface area contributed by atoms with Crippen molar-refractivity contribution in [1.29, 1.82) is 0 Å². The standard InChI is InChI=1S/C15H16ClN3O2/c1-21-14-7-5-11(6-8-14)15(20)19-18-10-17-13-4-2-3-12(16)9-13/h2-9,17-18H,10H2,1H3,(H,19,20). The molecule has 1 amide bonds. The highest BCUT2D eigenvalue weighted by Crippen LogP contribution is 2.14. The van der Waals surface area contributed by atoms with Crippen molar-refractivity contribution in [2.75, 3.05) is 19.1 Å². The average molecular weight is 306 g/mol. The molecule has 0 spiro atoms. The number of carbonyl (C=O) groups excluding carboxylic acids is 1. The van der Waals surface area contributed by atoms with Crippen molar-refractivity contribution >= 4 is 23.2 Å². The van der Waals surface area contributed by atoms with Crippen molar-refractivity contribution in [2.24, 2.45) is 0 Å². The van der Waals surface area contributed by atoms with Crippen LogP contribution in [0, 0.1) is 0 Å². The fourth-order valence-corrected chi connectivity index (χ4v) is 1.87. The summed E-state index contributed by atoms with van der Waals surface area (Å²) in [6.45, 7) is 0.377. The van der Waals surface area contributed by atoms with E-state index in [4.69, 9.17) is 16.3 Å². The van der Waals surface area contributed by atoms with Crippen LogP contribution in [0.25, 0.3) is 0 Å². The molecular weight excluding hydrogens is 290 g/mol. The Hall–Kier alpha value is -2.24. The van der Waals surface area contributed by atoms with Crippen molar-refractivity contribution in [3.05, 3.63) is 59.1 Å². The molecule has 0 fully saturated rings. The zero-order chi connectivity index (χ0) is 15.1. The van der Waals surface area contributed by atoms with E-state index >= 15 is 0 Å². The van der Waals surface area contributed by atoms with E-state index in [1.54, 1.807) is 43.5 Å². The number of benzene rings is 2. The summed E-state index contributed by atoms with van der Waals surface area (Å²) in [5.74, 6) is 0.493. The molecule has 0 bridgehead atoms. The Balaban J connectivity index is 1.76. The predicted molar refractivity (Wildman–Crippen MR) is 83.5 cm³/mol. The van der Waals surface area contributed by atoms with Gasteiger partial charge in [-0.2, -0.15) is 0 Å². The molecule has 2 rings (SSSR count). The number of nitrogens with one attached hydrogen (secondary N) is 3. The van der Waals surface area contributed by atoms with Crippen molar-refractivity contribution in [3.63, 3.8) is 0 Å². The Labute approximate surface area is 128 Å². The second kappa shape index (κ2) is 7.52. The highest BCUT2D eigenvalue weighted by Gasteiger charge is 2.04. The minimum Gasteiger partial charge on any atom is -0.497 e. The third kappa shape index (κ3) is 4.66. The molecule has 3 N–H and O–H groups in total. The van der Waals surface area contributed by atoms with Gasteiger partial charge in [-0.1, -0.05) is 17.7 Å². The number of hydrazine groups is 1. The van der Waals surface area contributed by atoms with E-state index in [0.29, 0.717) is 23.0 Å². The molecule has 0 atom stereocenters. The maximum absolute atomic E-state index is 11.8. The van der Waals surface area contributed by atoms with Crippen molar-refractivity contribution in [1.82, 2.24) is 10.9 Å². The van der Waals surface area contributed by atoms with Gasteiger partial charge in [0.15, 0.2) is 0 Å². The van der Waals surface area contributed by atoms with E-state index in [1.165, 1.54) is 0 Å². The van der Waals surface area contributed by atoms with Gasteiger partial charge in [-0.3, -0.25) is 10.2 Å². The van der Waals surface area contributed by atoms with Gasteiger partial charge in [-0.05, 0) is 42.5 Å². The summed E-state index contributed by atoms with van der Waals surface area (Å²) in [7, 11) is 1.58.